The first kappa shape index (κ1) is 15.7. The highest BCUT2D eigenvalue weighted by atomic mass is 35.5. The summed E-state index contributed by atoms with van der Waals surface area (Å²) >= 11 is 6.17. The Hall–Kier alpha value is -1.71. The molecule has 0 amide bonds. The quantitative estimate of drug-likeness (QED) is 0.837. The molecule has 112 valence electrons. The lowest BCUT2D eigenvalue weighted by Crippen LogP contribution is -2.12. The minimum atomic E-state index is 0.620. The number of ether oxygens (including phenoxy) is 2. The zero-order chi connectivity index (χ0) is 15.1. The van der Waals surface area contributed by atoms with Gasteiger partial charge in [-0.15, -0.1) is 0 Å². The first-order valence-corrected chi connectivity index (χ1v) is 7.35. The number of hydrogen-bond donors (Lipinski definition) is 1. The van der Waals surface area contributed by atoms with Crippen LogP contribution in [-0.2, 0) is 13.1 Å². The largest absolute Gasteiger partial charge is 0.497 e. The second-order valence-electron chi connectivity index (χ2n) is 4.65. The van der Waals surface area contributed by atoms with Gasteiger partial charge in [-0.25, -0.2) is 0 Å². The lowest BCUT2D eigenvalue weighted by atomic mass is 10.2. The van der Waals surface area contributed by atoms with Crippen LogP contribution in [0.25, 0.3) is 0 Å². The number of methoxy groups -OCH3 is 1. The maximum atomic E-state index is 6.17. The molecule has 0 atom stereocenters. The van der Waals surface area contributed by atoms with Crippen molar-refractivity contribution in [3.63, 3.8) is 0 Å². The maximum Gasteiger partial charge on any atom is 0.137 e. The predicted molar refractivity (Wildman–Crippen MR) is 86.2 cm³/mol. The molecular weight excluding hydrogens is 286 g/mol. The molecule has 1 N–H and O–H groups in total. The van der Waals surface area contributed by atoms with E-state index in [-0.39, 0.29) is 0 Å². The molecule has 0 fully saturated rings. The molecule has 4 heteroatoms. The number of hydrogen-bond acceptors (Lipinski definition) is 3. The monoisotopic (exact) mass is 305 g/mol. The number of nitrogens with one attached hydrogen (secondary N) is 1. The van der Waals surface area contributed by atoms with Crippen LogP contribution in [0.15, 0.2) is 42.5 Å². The fourth-order valence-corrected chi connectivity index (χ4v) is 2.28. The van der Waals surface area contributed by atoms with E-state index >= 15 is 0 Å². The van der Waals surface area contributed by atoms with Crippen molar-refractivity contribution in [2.24, 2.45) is 0 Å². The Morgan fingerprint density at radius 3 is 2.29 bits per heavy atom. The van der Waals surface area contributed by atoms with E-state index < -0.39 is 0 Å². The molecule has 3 nitrogen and oxygen atoms in total. The number of rotatable bonds is 7. The van der Waals surface area contributed by atoms with Crippen molar-refractivity contribution in [1.82, 2.24) is 5.32 Å². The molecule has 0 aliphatic carbocycles. The molecule has 0 aliphatic heterocycles. The third-order valence-corrected chi connectivity index (χ3v) is 3.41. The molecule has 2 aromatic rings. The van der Waals surface area contributed by atoms with Crippen LogP contribution in [0, 0.1) is 0 Å². The smallest absolute Gasteiger partial charge is 0.137 e. The topological polar surface area (TPSA) is 30.5 Å². The van der Waals surface area contributed by atoms with Crippen LogP contribution < -0.4 is 14.8 Å². The van der Waals surface area contributed by atoms with E-state index in [9.17, 15) is 0 Å². The van der Waals surface area contributed by atoms with E-state index in [0.717, 1.165) is 30.2 Å². The Bertz CT molecular complexity index is 570. The van der Waals surface area contributed by atoms with Gasteiger partial charge in [-0.1, -0.05) is 29.8 Å². The molecule has 0 bridgehead atoms. The van der Waals surface area contributed by atoms with Gasteiger partial charge in [-0.3, -0.25) is 0 Å². The van der Waals surface area contributed by atoms with Gasteiger partial charge in [0.05, 0.1) is 18.7 Å². The Morgan fingerprint density at radius 2 is 1.67 bits per heavy atom. The molecule has 0 aromatic heterocycles. The van der Waals surface area contributed by atoms with Crippen LogP contribution in [0.4, 0.5) is 0 Å². The van der Waals surface area contributed by atoms with Gasteiger partial charge in [0, 0.05) is 13.1 Å². The van der Waals surface area contributed by atoms with Gasteiger partial charge in [0.15, 0.2) is 0 Å². The van der Waals surface area contributed by atoms with Crippen LogP contribution in [0.2, 0.25) is 5.02 Å². The van der Waals surface area contributed by atoms with Crippen molar-refractivity contribution in [2.75, 3.05) is 13.7 Å². The molecule has 0 heterocycles. The normalized spacial score (nSPS) is 10.4. The first-order valence-electron chi connectivity index (χ1n) is 6.97. The van der Waals surface area contributed by atoms with E-state index in [2.05, 4.69) is 17.4 Å². The van der Waals surface area contributed by atoms with Crippen LogP contribution in [0.3, 0.4) is 0 Å². The molecular formula is C17H20ClNO2. The van der Waals surface area contributed by atoms with Crippen molar-refractivity contribution < 1.29 is 9.47 Å². The minimum absolute atomic E-state index is 0.620. The summed E-state index contributed by atoms with van der Waals surface area (Å²) in [6.07, 6.45) is 0. The molecule has 0 aliphatic rings. The second-order valence-corrected chi connectivity index (χ2v) is 5.06. The minimum Gasteiger partial charge on any atom is -0.497 e. The van der Waals surface area contributed by atoms with Crippen molar-refractivity contribution >= 4 is 11.6 Å². The van der Waals surface area contributed by atoms with Crippen LogP contribution in [0.5, 0.6) is 11.5 Å². The molecule has 0 saturated heterocycles. The molecule has 0 radical (unpaired) electrons. The number of benzene rings is 2. The van der Waals surface area contributed by atoms with Gasteiger partial charge < -0.3 is 14.8 Å². The fourth-order valence-electron chi connectivity index (χ4n) is 2.02. The van der Waals surface area contributed by atoms with Crippen LogP contribution in [0.1, 0.15) is 18.1 Å². The Morgan fingerprint density at radius 1 is 1.00 bits per heavy atom. The van der Waals surface area contributed by atoms with Gasteiger partial charge in [-0.2, -0.15) is 0 Å². The Balaban J connectivity index is 1.86. The summed E-state index contributed by atoms with van der Waals surface area (Å²) in [4.78, 5) is 0. The summed E-state index contributed by atoms with van der Waals surface area (Å²) in [7, 11) is 1.67. The van der Waals surface area contributed by atoms with E-state index in [0.29, 0.717) is 11.6 Å². The third kappa shape index (κ3) is 4.66. The van der Waals surface area contributed by atoms with Gasteiger partial charge in [0.25, 0.3) is 0 Å². The summed E-state index contributed by atoms with van der Waals surface area (Å²) in [6.45, 7) is 4.13. The summed E-state index contributed by atoms with van der Waals surface area (Å²) in [5, 5.41) is 4.05. The highest BCUT2D eigenvalue weighted by Crippen LogP contribution is 2.25. The average molecular weight is 306 g/mol. The number of halogens is 1. The summed E-state index contributed by atoms with van der Waals surface area (Å²) in [5.74, 6) is 1.61. The highest BCUT2D eigenvalue weighted by Gasteiger charge is 2.02. The molecule has 0 saturated carbocycles. The SMILES string of the molecule is CCOc1ccc(CNCc2ccc(OC)cc2)cc1Cl. The fraction of sp³-hybridized carbons (Fsp3) is 0.294. The van der Waals surface area contributed by atoms with Gasteiger partial charge in [-0.05, 0) is 42.3 Å². The van der Waals surface area contributed by atoms with Gasteiger partial charge >= 0.3 is 0 Å². The summed E-state index contributed by atoms with van der Waals surface area (Å²) in [5.41, 5.74) is 2.35. The van der Waals surface area contributed by atoms with Crippen LogP contribution in [-0.4, -0.2) is 13.7 Å². The average Bonchev–Trinajstić information content (AvgIpc) is 2.51. The molecule has 2 aromatic carbocycles. The van der Waals surface area contributed by atoms with Crippen molar-refractivity contribution in [3.05, 3.63) is 58.6 Å². The van der Waals surface area contributed by atoms with Crippen LogP contribution >= 0.6 is 11.6 Å². The lowest BCUT2D eigenvalue weighted by molar-refractivity contribution is 0.340. The van der Waals surface area contributed by atoms with Gasteiger partial charge in [0.2, 0.25) is 0 Å². The van der Waals surface area contributed by atoms with Gasteiger partial charge in [0.1, 0.15) is 11.5 Å². The lowest BCUT2D eigenvalue weighted by Gasteiger charge is -2.09. The van der Waals surface area contributed by atoms with E-state index in [1.54, 1.807) is 7.11 Å². The predicted octanol–water partition coefficient (Wildman–Crippen LogP) is 4.04. The summed E-state index contributed by atoms with van der Waals surface area (Å²) in [6, 6.07) is 13.9. The van der Waals surface area contributed by atoms with Crippen molar-refractivity contribution in [1.29, 1.82) is 0 Å². The first-order chi connectivity index (χ1) is 10.2. The standard InChI is InChI=1S/C17H20ClNO2/c1-3-21-17-9-6-14(10-16(17)18)12-19-11-13-4-7-15(20-2)8-5-13/h4-10,19H,3,11-12H2,1-2H3. The van der Waals surface area contributed by atoms with E-state index in [4.69, 9.17) is 21.1 Å². The Kier molecular flexibility index (Phi) is 5.90. The van der Waals surface area contributed by atoms with E-state index in [1.165, 1.54) is 5.56 Å². The second kappa shape index (κ2) is 7.91. The zero-order valence-corrected chi connectivity index (χ0v) is 13.1. The Labute approximate surface area is 130 Å². The molecule has 2 rings (SSSR count). The van der Waals surface area contributed by atoms with Crippen molar-refractivity contribution in [3.8, 4) is 11.5 Å². The summed E-state index contributed by atoms with van der Waals surface area (Å²) < 4.78 is 10.6. The maximum absolute atomic E-state index is 6.17. The molecule has 0 unspecified atom stereocenters. The van der Waals surface area contributed by atoms with E-state index in [1.807, 2.05) is 37.3 Å². The zero-order valence-electron chi connectivity index (χ0n) is 12.4. The van der Waals surface area contributed by atoms with Crippen molar-refractivity contribution in [2.45, 2.75) is 20.0 Å². The molecule has 21 heavy (non-hydrogen) atoms. The highest BCUT2D eigenvalue weighted by molar-refractivity contribution is 6.32. The molecule has 0 spiro atoms. The third-order valence-electron chi connectivity index (χ3n) is 3.11.